The maximum absolute atomic E-state index is 5.42. The van der Waals surface area contributed by atoms with E-state index in [4.69, 9.17) is 4.74 Å². The Hall–Kier alpha value is -1.80. The first-order valence-corrected chi connectivity index (χ1v) is 8.31. The molecule has 3 rings (SSSR count). The van der Waals surface area contributed by atoms with Crippen LogP contribution in [0.3, 0.4) is 0 Å². The zero-order valence-corrected chi connectivity index (χ0v) is 13.4. The molecule has 0 amide bonds. The van der Waals surface area contributed by atoms with E-state index < -0.39 is 0 Å². The minimum atomic E-state index is 0.931. The number of methoxy groups -OCH3 is 1. The molecule has 1 heterocycles. The van der Waals surface area contributed by atoms with Crippen molar-refractivity contribution in [2.45, 2.75) is 25.7 Å². The Morgan fingerprint density at radius 1 is 0.955 bits per heavy atom. The average molecular weight is 295 g/mol. The zero-order chi connectivity index (χ0) is 15.2. The molecule has 0 aromatic heterocycles. The van der Waals surface area contributed by atoms with E-state index in [9.17, 15) is 0 Å². The fourth-order valence-corrected chi connectivity index (χ4v) is 3.25. The van der Waals surface area contributed by atoms with Crippen molar-refractivity contribution in [1.82, 2.24) is 4.90 Å². The van der Waals surface area contributed by atoms with Crippen LogP contribution in [0.15, 0.2) is 48.5 Å². The van der Waals surface area contributed by atoms with E-state index >= 15 is 0 Å². The zero-order valence-electron chi connectivity index (χ0n) is 13.4. The lowest BCUT2D eigenvalue weighted by Crippen LogP contribution is -2.31. The molecule has 0 spiro atoms. The predicted octanol–water partition coefficient (Wildman–Crippen LogP) is 4.39. The highest BCUT2D eigenvalue weighted by Crippen LogP contribution is 2.28. The van der Waals surface area contributed by atoms with Gasteiger partial charge in [0, 0.05) is 6.54 Å². The first kappa shape index (κ1) is 15.1. The van der Waals surface area contributed by atoms with Crippen molar-refractivity contribution in [2.24, 2.45) is 0 Å². The van der Waals surface area contributed by atoms with Crippen LogP contribution in [0.25, 0.3) is 11.1 Å². The molecule has 0 N–H and O–H groups in total. The fourth-order valence-electron chi connectivity index (χ4n) is 3.25. The van der Waals surface area contributed by atoms with Gasteiger partial charge in [-0.2, -0.15) is 0 Å². The van der Waals surface area contributed by atoms with E-state index in [-0.39, 0.29) is 0 Å². The highest BCUT2D eigenvalue weighted by molar-refractivity contribution is 5.69. The summed E-state index contributed by atoms with van der Waals surface area (Å²) in [5.74, 6) is 0.931. The van der Waals surface area contributed by atoms with E-state index in [0.717, 1.165) is 18.7 Å². The van der Waals surface area contributed by atoms with Gasteiger partial charge in [-0.1, -0.05) is 42.8 Å². The highest BCUT2D eigenvalue weighted by atomic mass is 16.5. The molecule has 2 nitrogen and oxygen atoms in total. The number of hydrogen-bond donors (Lipinski definition) is 0. The summed E-state index contributed by atoms with van der Waals surface area (Å²) in [6.07, 6.45) is 5.21. The Kier molecular flexibility index (Phi) is 5.12. The largest absolute Gasteiger partial charge is 0.497 e. The Labute approximate surface area is 133 Å². The number of nitrogens with zero attached hydrogens (tertiary/aromatic N) is 1. The summed E-state index contributed by atoms with van der Waals surface area (Å²) in [6.45, 7) is 3.68. The quantitative estimate of drug-likeness (QED) is 0.811. The Bertz CT molecular complexity index is 588. The number of rotatable bonds is 5. The second-order valence-electron chi connectivity index (χ2n) is 6.04. The van der Waals surface area contributed by atoms with Gasteiger partial charge < -0.3 is 9.64 Å². The summed E-state index contributed by atoms with van der Waals surface area (Å²) in [5.41, 5.74) is 3.99. The molecule has 0 unspecified atom stereocenters. The van der Waals surface area contributed by atoms with Crippen LogP contribution in [0.4, 0.5) is 0 Å². The van der Waals surface area contributed by atoms with Gasteiger partial charge in [0.2, 0.25) is 0 Å². The summed E-state index contributed by atoms with van der Waals surface area (Å²) < 4.78 is 5.42. The van der Waals surface area contributed by atoms with Gasteiger partial charge >= 0.3 is 0 Å². The summed E-state index contributed by atoms with van der Waals surface area (Å²) in [5, 5.41) is 0. The molecule has 116 valence electrons. The lowest BCUT2D eigenvalue weighted by molar-refractivity contribution is 0.231. The molecule has 2 aromatic carbocycles. The molecule has 0 atom stereocenters. The molecule has 1 fully saturated rings. The molecule has 1 aliphatic rings. The molecule has 0 saturated carbocycles. The van der Waals surface area contributed by atoms with Gasteiger partial charge in [-0.05, 0) is 61.2 Å². The molecular formula is C20H25NO. The van der Waals surface area contributed by atoms with Gasteiger partial charge in [0.25, 0.3) is 0 Å². The average Bonchev–Trinajstić information content (AvgIpc) is 2.61. The van der Waals surface area contributed by atoms with Gasteiger partial charge in [-0.3, -0.25) is 0 Å². The summed E-state index contributed by atoms with van der Waals surface area (Å²) in [6, 6.07) is 17.1. The second kappa shape index (κ2) is 7.46. The maximum Gasteiger partial charge on any atom is 0.119 e. The van der Waals surface area contributed by atoms with Crippen LogP contribution < -0.4 is 4.74 Å². The first-order chi connectivity index (χ1) is 10.9. The van der Waals surface area contributed by atoms with Crippen LogP contribution in [0.5, 0.6) is 5.75 Å². The van der Waals surface area contributed by atoms with Crippen molar-refractivity contribution in [3.63, 3.8) is 0 Å². The highest BCUT2D eigenvalue weighted by Gasteiger charge is 2.12. The van der Waals surface area contributed by atoms with Gasteiger partial charge in [0.15, 0.2) is 0 Å². The van der Waals surface area contributed by atoms with Crippen LogP contribution in [-0.2, 0) is 6.42 Å². The summed E-state index contributed by atoms with van der Waals surface area (Å²) in [4.78, 5) is 2.60. The minimum absolute atomic E-state index is 0.931. The molecular weight excluding hydrogens is 270 g/mol. The topological polar surface area (TPSA) is 12.5 Å². The number of piperidine rings is 1. The van der Waals surface area contributed by atoms with Crippen LogP contribution in [0.2, 0.25) is 0 Å². The molecule has 2 aromatic rings. The third-order valence-corrected chi connectivity index (χ3v) is 4.55. The van der Waals surface area contributed by atoms with Crippen molar-refractivity contribution < 1.29 is 4.74 Å². The van der Waals surface area contributed by atoms with E-state index in [1.165, 1.54) is 49.0 Å². The number of benzene rings is 2. The maximum atomic E-state index is 5.42. The van der Waals surface area contributed by atoms with Crippen molar-refractivity contribution in [2.75, 3.05) is 26.7 Å². The Morgan fingerprint density at radius 2 is 1.73 bits per heavy atom. The minimum Gasteiger partial charge on any atom is -0.497 e. The lowest BCUT2D eigenvalue weighted by Gasteiger charge is -2.26. The third-order valence-electron chi connectivity index (χ3n) is 4.55. The van der Waals surface area contributed by atoms with Crippen molar-refractivity contribution in [1.29, 1.82) is 0 Å². The van der Waals surface area contributed by atoms with Crippen LogP contribution in [0.1, 0.15) is 24.8 Å². The smallest absolute Gasteiger partial charge is 0.119 e. The van der Waals surface area contributed by atoms with Crippen LogP contribution in [-0.4, -0.2) is 31.6 Å². The predicted molar refractivity (Wildman–Crippen MR) is 92.4 cm³/mol. The number of likely N-dealkylation sites (tertiary alicyclic amines) is 1. The Morgan fingerprint density at radius 3 is 2.45 bits per heavy atom. The molecule has 1 saturated heterocycles. The van der Waals surface area contributed by atoms with Crippen molar-refractivity contribution >= 4 is 0 Å². The van der Waals surface area contributed by atoms with Crippen molar-refractivity contribution in [3.05, 3.63) is 54.1 Å². The summed E-state index contributed by atoms with van der Waals surface area (Å²) >= 11 is 0. The SMILES string of the molecule is COc1ccc(CCN2CCCCC2)c(-c2ccccc2)c1. The standard InChI is InChI=1S/C20H25NO/c1-22-19-11-10-18(12-15-21-13-6-3-7-14-21)20(16-19)17-8-4-2-5-9-17/h2,4-5,8-11,16H,3,6-7,12-15H2,1H3. The molecule has 0 bridgehead atoms. The summed E-state index contributed by atoms with van der Waals surface area (Å²) in [7, 11) is 1.73. The van der Waals surface area contributed by atoms with Crippen LogP contribution >= 0.6 is 0 Å². The monoisotopic (exact) mass is 295 g/mol. The molecule has 22 heavy (non-hydrogen) atoms. The van der Waals surface area contributed by atoms with Crippen LogP contribution in [0, 0.1) is 0 Å². The third kappa shape index (κ3) is 3.69. The Balaban J connectivity index is 1.80. The molecule has 1 aliphatic heterocycles. The van der Waals surface area contributed by atoms with Gasteiger partial charge in [0.1, 0.15) is 5.75 Å². The molecule has 0 aliphatic carbocycles. The van der Waals surface area contributed by atoms with E-state index in [0.29, 0.717) is 0 Å². The number of ether oxygens (including phenoxy) is 1. The van der Waals surface area contributed by atoms with E-state index in [1.807, 2.05) is 0 Å². The van der Waals surface area contributed by atoms with Gasteiger partial charge in [-0.15, -0.1) is 0 Å². The number of hydrogen-bond acceptors (Lipinski definition) is 2. The van der Waals surface area contributed by atoms with Gasteiger partial charge in [0.05, 0.1) is 7.11 Å². The van der Waals surface area contributed by atoms with E-state index in [1.54, 1.807) is 7.11 Å². The fraction of sp³-hybridized carbons (Fsp3) is 0.400. The second-order valence-corrected chi connectivity index (χ2v) is 6.04. The molecule has 2 heteroatoms. The van der Waals surface area contributed by atoms with E-state index in [2.05, 4.69) is 53.4 Å². The normalized spacial score (nSPS) is 15.7. The molecule has 0 radical (unpaired) electrons. The van der Waals surface area contributed by atoms with Crippen molar-refractivity contribution in [3.8, 4) is 16.9 Å². The van der Waals surface area contributed by atoms with Gasteiger partial charge in [-0.25, -0.2) is 0 Å². The lowest BCUT2D eigenvalue weighted by atomic mass is 9.97. The first-order valence-electron chi connectivity index (χ1n) is 8.31.